The van der Waals surface area contributed by atoms with Gasteiger partial charge in [0.1, 0.15) is 0 Å². The molecule has 2 rings (SSSR count). The van der Waals surface area contributed by atoms with E-state index >= 15 is 0 Å². The van der Waals surface area contributed by atoms with Crippen LogP contribution in [0.25, 0.3) is 0 Å². The lowest BCUT2D eigenvalue weighted by Gasteiger charge is -2.00. The first-order chi connectivity index (χ1) is 5.81. The number of aromatic nitrogens is 2. The summed E-state index contributed by atoms with van der Waals surface area (Å²) in [5, 5.41) is 3.75. The van der Waals surface area contributed by atoms with E-state index in [1.54, 1.807) is 0 Å². The van der Waals surface area contributed by atoms with Crippen LogP contribution in [0.1, 0.15) is 37.4 Å². The maximum absolute atomic E-state index is 5.37. The topological polar surface area (TPSA) is 64.9 Å². The summed E-state index contributed by atoms with van der Waals surface area (Å²) in [4.78, 5) is 4.19. The molecular formula is C8H13N3O. The molecule has 1 unspecified atom stereocenters. The summed E-state index contributed by atoms with van der Waals surface area (Å²) in [7, 11) is 0. The quantitative estimate of drug-likeness (QED) is 0.730. The summed E-state index contributed by atoms with van der Waals surface area (Å²) in [5.41, 5.74) is 5.37. The molecule has 0 bridgehead atoms. The second-order valence-electron chi connectivity index (χ2n) is 3.38. The van der Waals surface area contributed by atoms with Gasteiger partial charge in [0.25, 0.3) is 0 Å². The summed E-state index contributed by atoms with van der Waals surface area (Å²) in [6, 6.07) is 0. The van der Waals surface area contributed by atoms with Gasteiger partial charge >= 0.3 is 0 Å². The minimum absolute atomic E-state index is 0.362. The summed E-state index contributed by atoms with van der Waals surface area (Å²) in [6.45, 7) is 2.49. The van der Waals surface area contributed by atoms with Crippen molar-refractivity contribution in [1.82, 2.24) is 10.1 Å². The van der Waals surface area contributed by atoms with Crippen molar-refractivity contribution in [2.45, 2.75) is 32.2 Å². The summed E-state index contributed by atoms with van der Waals surface area (Å²) in [5.74, 6) is 2.53. The number of hydrogen-bond acceptors (Lipinski definition) is 4. The molecule has 4 heteroatoms. The number of nitrogens with zero attached hydrogens (tertiary/aromatic N) is 2. The van der Waals surface area contributed by atoms with Crippen LogP contribution in [0.2, 0.25) is 0 Å². The van der Waals surface area contributed by atoms with E-state index in [1.165, 1.54) is 12.8 Å². The van der Waals surface area contributed by atoms with E-state index in [9.17, 15) is 0 Å². The molecule has 1 heterocycles. The van der Waals surface area contributed by atoms with Crippen molar-refractivity contribution < 1.29 is 4.52 Å². The fourth-order valence-electron chi connectivity index (χ4n) is 1.33. The predicted molar refractivity (Wildman–Crippen MR) is 43.3 cm³/mol. The molecule has 2 N–H and O–H groups in total. The Kier molecular flexibility index (Phi) is 1.84. The van der Waals surface area contributed by atoms with E-state index in [1.807, 2.05) is 0 Å². The molecule has 1 atom stereocenters. The maximum atomic E-state index is 5.37. The lowest BCUT2D eigenvalue weighted by molar-refractivity contribution is 0.345. The molecular weight excluding hydrogens is 154 g/mol. The van der Waals surface area contributed by atoms with E-state index in [0.29, 0.717) is 18.3 Å². The van der Waals surface area contributed by atoms with Crippen molar-refractivity contribution in [2.75, 3.05) is 0 Å². The van der Waals surface area contributed by atoms with Gasteiger partial charge in [-0.1, -0.05) is 12.1 Å². The van der Waals surface area contributed by atoms with Crippen LogP contribution < -0.4 is 5.73 Å². The smallest absolute Gasteiger partial charge is 0.229 e. The third-order valence-electron chi connectivity index (χ3n) is 2.39. The molecule has 12 heavy (non-hydrogen) atoms. The molecule has 1 aliphatic carbocycles. The Morgan fingerprint density at radius 1 is 1.67 bits per heavy atom. The molecule has 0 amide bonds. The van der Waals surface area contributed by atoms with Gasteiger partial charge < -0.3 is 10.3 Å². The highest BCUT2D eigenvalue weighted by atomic mass is 16.5. The van der Waals surface area contributed by atoms with E-state index < -0.39 is 0 Å². The van der Waals surface area contributed by atoms with Crippen molar-refractivity contribution in [3.63, 3.8) is 0 Å². The fraction of sp³-hybridized carbons (Fsp3) is 0.750. The van der Waals surface area contributed by atoms with Crippen LogP contribution in [0.4, 0.5) is 0 Å². The molecule has 66 valence electrons. The third-order valence-corrected chi connectivity index (χ3v) is 2.39. The van der Waals surface area contributed by atoms with Crippen LogP contribution in [-0.4, -0.2) is 10.1 Å². The van der Waals surface area contributed by atoms with Gasteiger partial charge in [-0.2, -0.15) is 4.98 Å². The molecule has 0 spiro atoms. The van der Waals surface area contributed by atoms with E-state index in [2.05, 4.69) is 17.1 Å². The Bertz CT molecular complexity index is 267. The number of hydrogen-bond donors (Lipinski definition) is 1. The molecule has 0 radical (unpaired) electrons. The van der Waals surface area contributed by atoms with Crippen LogP contribution in [-0.2, 0) is 6.54 Å². The normalized spacial score (nSPS) is 19.5. The lowest BCUT2D eigenvalue weighted by Crippen LogP contribution is -2.00. The Morgan fingerprint density at radius 2 is 2.42 bits per heavy atom. The minimum Gasteiger partial charge on any atom is -0.339 e. The highest BCUT2D eigenvalue weighted by Gasteiger charge is 2.32. The second kappa shape index (κ2) is 2.86. The molecule has 1 saturated carbocycles. The number of nitrogens with two attached hydrogens (primary N) is 1. The second-order valence-corrected chi connectivity index (χ2v) is 3.38. The summed E-state index contributed by atoms with van der Waals surface area (Å²) >= 11 is 0. The van der Waals surface area contributed by atoms with Gasteiger partial charge in [-0.3, -0.25) is 0 Å². The first kappa shape index (κ1) is 7.73. The highest BCUT2D eigenvalue weighted by Crippen LogP contribution is 2.41. The van der Waals surface area contributed by atoms with Gasteiger partial charge in [0, 0.05) is 5.92 Å². The molecule has 0 saturated heterocycles. The zero-order valence-electron chi connectivity index (χ0n) is 7.16. The fourth-order valence-corrected chi connectivity index (χ4v) is 1.33. The van der Waals surface area contributed by atoms with Crippen LogP contribution in [0.3, 0.4) is 0 Å². The van der Waals surface area contributed by atoms with Crippen molar-refractivity contribution in [3.8, 4) is 0 Å². The van der Waals surface area contributed by atoms with Crippen LogP contribution in [0, 0.1) is 5.92 Å². The third kappa shape index (κ3) is 1.34. The molecule has 4 nitrogen and oxygen atoms in total. The van der Waals surface area contributed by atoms with Gasteiger partial charge in [-0.25, -0.2) is 0 Å². The van der Waals surface area contributed by atoms with Crippen molar-refractivity contribution in [1.29, 1.82) is 0 Å². The first-order valence-electron chi connectivity index (χ1n) is 4.34. The van der Waals surface area contributed by atoms with Crippen LogP contribution >= 0.6 is 0 Å². The summed E-state index contributed by atoms with van der Waals surface area (Å²) < 4.78 is 5.08. The molecule has 0 aromatic carbocycles. The van der Waals surface area contributed by atoms with E-state index in [-0.39, 0.29) is 0 Å². The van der Waals surface area contributed by atoms with Crippen LogP contribution in [0.15, 0.2) is 4.52 Å². The average Bonchev–Trinajstić information content (AvgIpc) is 2.82. The summed E-state index contributed by atoms with van der Waals surface area (Å²) in [6.07, 6.45) is 2.59. The first-order valence-corrected chi connectivity index (χ1v) is 4.34. The zero-order valence-corrected chi connectivity index (χ0v) is 7.16. The molecule has 1 aromatic heterocycles. The monoisotopic (exact) mass is 167 g/mol. The highest BCUT2D eigenvalue weighted by molar-refractivity contribution is 4.98. The van der Waals surface area contributed by atoms with E-state index in [0.717, 1.165) is 11.8 Å². The molecule has 1 aromatic rings. The average molecular weight is 167 g/mol. The van der Waals surface area contributed by atoms with Crippen molar-refractivity contribution in [3.05, 3.63) is 11.7 Å². The van der Waals surface area contributed by atoms with E-state index in [4.69, 9.17) is 10.3 Å². The number of rotatable bonds is 3. The molecule has 1 aliphatic rings. The van der Waals surface area contributed by atoms with Crippen molar-refractivity contribution >= 4 is 0 Å². The van der Waals surface area contributed by atoms with Gasteiger partial charge in [-0.05, 0) is 18.8 Å². The van der Waals surface area contributed by atoms with Gasteiger partial charge in [0.05, 0.1) is 6.54 Å². The van der Waals surface area contributed by atoms with Gasteiger partial charge in [-0.15, -0.1) is 0 Å². The van der Waals surface area contributed by atoms with Gasteiger partial charge in [0.2, 0.25) is 5.89 Å². The Morgan fingerprint density at radius 3 is 2.92 bits per heavy atom. The lowest BCUT2D eigenvalue weighted by atomic mass is 10.1. The Hall–Kier alpha value is -0.900. The molecule has 1 fully saturated rings. The van der Waals surface area contributed by atoms with Gasteiger partial charge in [0.15, 0.2) is 5.82 Å². The van der Waals surface area contributed by atoms with Crippen LogP contribution in [0.5, 0.6) is 0 Å². The predicted octanol–water partition coefficient (Wildman–Crippen LogP) is 1.04. The Labute approximate surface area is 71.1 Å². The zero-order chi connectivity index (χ0) is 8.55. The minimum atomic E-state index is 0.362. The molecule has 0 aliphatic heterocycles. The Balaban J connectivity index is 2.10. The largest absolute Gasteiger partial charge is 0.339 e. The standard InChI is InChI=1S/C8H13N3O/c1-5(6-2-3-6)8-10-7(4-9)11-12-8/h5-6H,2-4,9H2,1H3. The van der Waals surface area contributed by atoms with Crippen molar-refractivity contribution in [2.24, 2.45) is 11.7 Å². The SMILES string of the molecule is CC(c1nc(CN)no1)C1CC1. The maximum Gasteiger partial charge on any atom is 0.229 e.